The molecule has 0 radical (unpaired) electrons. The molecule has 2 atom stereocenters. The second-order valence-corrected chi connectivity index (χ2v) is 4.85. The molecule has 2 N–H and O–H groups in total. The Balaban J connectivity index is 1.95. The fourth-order valence-corrected chi connectivity index (χ4v) is 2.78. The van der Waals surface area contributed by atoms with Crippen molar-refractivity contribution < 1.29 is 5.11 Å². The molecule has 0 amide bonds. The van der Waals surface area contributed by atoms with Gasteiger partial charge in [-0.15, -0.1) is 0 Å². The van der Waals surface area contributed by atoms with Gasteiger partial charge in [0.1, 0.15) is 0 Å². The van der Waals surface area contributed by atoms with Crippen LogP contribution in [0.2, 0.25) is 0 Å². The lowest BCUT2D eigenvalue weighted by molar-refractivity contribution is 0.0289. The number of aliphatic hydroxyl groups excluding tert-OH is 1. The molecule has 0 bridgehead atoms. The summed E-state index contributed by atoms with van der Waals surface area (Å²) in [5, 5.41) is 12.8. The van der Waals surface area contributed by atoms with E-state index in [0.717, 1.165) is 45.7 Å². The molecule has 15 heavy (non-hydrogen) atoms. The maximum absolute atomic E-state index is 9.42. The minimum atomic E-state index is 0.350. The Morgan fingerprint density at radius 2 is 2.00 bits per heavy atom. The Morgan fingerprint density at radius 3 is 2.67 bits per heavy atom. The van der Waals surface area contributed by atoms with E-state index >= 15 is 0 Å². The largest absolute Gasteiger partial charge is 0.396 e. The molecule has 2 rings (SSSR count). The Kier molecular flexibility index (Phi) is 3.97. The van der Waals surface area contributed by atoms with E-state index in [-0.39, 0.29) is 0 Å². The summed E-state index contributed by atoms with van der Waals surface area (Å²) >= 11 is 0. The highest BCUT2D eigenvalue weighted by Crippen LogP contribution is 2.21. The van der Waals surface area contributed by atoms with Gasteiger partial charge >= 0.3 is 0 Å². The summed E-state index contributed by atoms with van der Waals surface area (Å²) in [7, 11) is 2.18. The normalized spacial score (nSPS) is 35.6. The molecule has 4 heteroatoms. The zero-order valence-corrected chi connectivity index (χ0v) is 9.65. The minimum Gasteiger partial charge on any atom is -0.396 e. The number of rotatable bonds is 2. The fourth-order valence-electron chi connectivity index (χ4n) is 2.78. The number of aliphatic hydroxyl groups is 1. The summed E-state index contributed by atoms with van der Waals surface area (Å²) in [4.78, 5) is 4.94. The third kappa shape index (κ3) is 2.69. The average molecular weight is 213 g/mol. The third-order valence-electron chi connectivity index (χ3n) is 3.78. The van der Waals surface area contributed by atoms with Crippen molar-refractivity contribution in [2.45, 2.75) is 12.5 Å². The number of piperidine rings is 1. The molecule has 88 valence electrons. The number of hydrogen-bond acceptors (Lipinski definition) is 4. The van der Waals surface area contributed by atoms with Crippen LogP contribution in [-0.2, 0) is 0 Å². The van der Waals surface area contributed by atoms with Crippen LogP contribution in [0.5, 0.6) is 0 Å². The van der Waals surface area contributed by atoms with Crippen LogP contribution in [0.1, 0.15) is 6.42 Å². The summed E-state index contributed by atoms with van der Waals surface area (Å²) in [6.07, 6.45) is 1.14. The van der Waals surface area contributed by atoms with E-state index in [0.29, 0.717) is 18.6 Å². The number of hydrogen-bond donors (Lipinski definition) is 2. The summed E-state index contributed by atoms with van der Waals surface area (Å²) in [5.74, 6) is 0.485. The average Bonchev–Trinajstić information content (AvgIpc) is 2.30. The first-order chi connectivity index (χ1) is 7.31. The number of piperazine rings is 1. The summed E-state index contributed by atoms with van der Waals surface area (Å²) in [6, 6.07) is 0.566. The Morgan fingerprint density at radius 1 is 1.27 bits per heavy atom. The van der Waals surface area contributed by atoms with Crippen LogP contribution in [0, 0.1) is 5.92 Å². The van der Waals surface area contributed by atoms with Gasteiger partial charge in [-0.3, -0.25) is 4.90 Å². The van der Waals surface area contributed by atoms with E-state index in [1.807, 2.05) is 0 Å². The number of nitrogens with zero attached hydrogens (tertiary/aromatic N) is 2. The number of nitrogens with one attached hydrogen (secondary N) is 1. The Bertz CT molecular complexity index is 194. The Hall–Kier alpha value is -0.160. The van der Waals surface area contributed by atoms with Crippen molar-refractivity contribution in [3.8, 4) is 0 Å². The second kappa shape index (κ2) is 5.25. The van der Waals surface area contributed by atoms with Crippen molar-refractivity contribution in [2.75, 3.05) is 52.9 Å². The van der Waals surface area contributed by atoms with E-state index in [4.69, 9.17) is 0 Å². The first-order valence-electron chi connectivity index (χ1n) is 6.05. The molecule has 2 aliphatic rings. The molecule has 0 aromatic heterocycles. The lowest BCUT2D eigenvalue weighted by Crippen LogP contribution is -2.57. The van der Waals surface area contributed by atoms with Crippen LogP contribution in [0.3, 0.4) is 0 Å². The molecule has 2 aliphatic heterocycles. The SMILES string of the molecule is CN1CCC(CO)C(N2CCNCC2)C1. The fraction of sp³-hybridized carbons (Fsp3) is 1.00. The molecule has 0 spiro atoms. The van der Waals surface area contributed by atoms with Gasteiger partial charge < -0.3 is 15.3 Å². The van der Waals surface area contributed by atoms with Crippen molar-refractivity contribution in [3.05, 3.63) is 0 Å². The molecular formula is C11H23N3O. The quantitative estimate of drug-likeness (QED) is 0.630. The summed E-state index contributed by atoms with van der Waals surface area (Å²) in [5.41, 5.74) is 0. The van der Waals surface area contributed by atoms with Crippen LogP contribution < -0.4 is 5.32 Å². The molecule has 0 aliphatic carbocycles. The smallest absolute Gasteiger partial charge is 0.0475 e. The Labute approximate surface area is 92.2 Å². The molecule has 2 fully saturated rings. The van der Waals surface area contributed by atoms with Crippen LogP contribution in [0.15, 0.2) is 0 Å². The van der Waals surface area contributed by atoms with Gasteiger partial charge in [0.25, 0.3) is 0 Å². The van der Waals surface area contributed by atoms with E-state index in [2.05, 4.69) is 22.2 Å². The van der Waals surface area contributed by atoms with Crippen molar-refractivity contribution in [2.24, 2.45) is 5.92 Å². The van der Waals surface area contributed by atoms with E-state index in [1.54, 1.807) is 0 Å². The van der Waals surface area contributed by atoms with Crippen LogP contribution in [0.4, 0.5) is 0 Å². The van der Waals surface area contributed by atoms with Crippen molar-refractivity contribution >= 4 is 0 Å². The van der Waals surface area contributed by atoms with Gasteiger partial charge in [0.2, 0.25) is 0 Å². The standard InChI is InChI=1S/C11H23N3O/c1-13-5-2-10(9-15)11(8-13)14-6-3-12-4-7-14/h10-12,15H,2-9H2,1H3. The van der Waals surface area contributed by atoms with Crippen LogP contribution in [-0.4, -0.2) is 73.9 Å². The molecule has 0 aromatic carbocycles. The predicted molar refractivity (Wildman–Crippen MR) is 60.9 cm³/mol. The van der Waals surface area contributed by atoms with Crippen LogP contribution in [0.25, 0.3) is 0 Å². The van der Waals surface area contributed by atoms with Crippen molar-refractivity contribution in [3.63, 3.8) is 0 Å². The lowest BCUT2D eigenvalue weighted by Gasteiger charge is -2.44. The summed E-state index contributed by atoms with van der Waals surface area (Å²) in [6.45, 7) is 7.06. The first kappa shape index (κ1) is 11.3. The summed E-state index contributed by atoms with van der Waals surface area (Å²) < 4.78 is 0. The zero-order chi connectivity index (χ0) is 10.7. The molecule has 2 heterocycles. The van der Waals surface area contributed by atoms with Gasteiger partial charge in [-0.2, -0.15) is 0 Å². The van der Waals surface area contributed by atoms with E-state index < -0.39 is 0 Å². The van der Waals surface area contributed by atoms with E-state index in [1.165, 1.54) is 0 Å². The topological polar surface area (TPSA) is 38.7 Å². The first-order valence-corrected chi connectivity index (χ1v) is 6.05. The van der Waals surface area contributed by atoms with Gasteiger partial charge in [0.05, 0.1) is 0 Å². The lowest BCUT2D eigenvalue weighted by atomic mass is 9.91. The second-order valence-electron chi connectivity index (χ2n) is 4.85. The number of likely N-dealkylation sites (N-methyl/N-ethyl adjacent to an activating group) is 1. The monoisotopic (exact) mass is 213 g/mol. The number of likely N-dealkylation sites (tertiary alicyclic amines) is 1. The molecule has 2 saturated heterocycles. The molecule has 0 aromatic rings. The molecule has 0 saturated carbocycles. The highest BCUT2D eigenvalue weighted by atomic mass is 16.3. The zero-order valence-electron chi connectivity index (χ0n) is 9.65. The van der Waals surface area contributed by atoms with Gasteiger partial charge in [0.15, 0.2) is 0 Å². The van der Waals surface area contributed by atoms with Gasteiger partial charge in [0, 0.05) is 45.4 Å². The molecule has 2 unspecified atom stereocenters. The maximum Gasteiger partial charge on any atom is 0.0475 e. The van der Waals surface area contributed by atoms with Crippen LogP contribution >= 0.6 is 0 Å². The van der Waals surface area contributed by atoms with Gasteiger partial charge in [-0.1, -0.05) is 0 Å². The van der Waals surface area contributed by atoms with Gasteiger partial charge in [-0.25, -0.2) is 0 Å². The molecule has 4 nitrogen and oxygen atoms in total. The minimum absolute atomic E-state index is 0.350. The van der Waals surface area contributed by atoms with Gasteiger partial charge in [-0.05, 0) is 25.9 Å². The van der Waals surface area contributed by atoms with Crippen molar-refractivity contribution in [1.29, 1.82) is 0 Å². The van der Waals surface area contributed by atoms with Crippen molar-refractivity contribution in [1.82, 2.24) is 15.1 Å². The highest BCUT2D eigenvalue weighted by molar-refractivity contribution is 4.88. The molecular weight excluding hydrogens is 190 g/mol. The maximum atomic E-state index is 9.42. The highest BCUT2D eigenvalue weighted by Gasteiger charge is 2.32. The van der Waals surface area contributed by atoms with E-state index in [9.17, 15) is 5.11 Å². The predicted octanol–water partition coefficient (Wildman–Crippen LogP) is -0.796. The third-order valence-corrected chi connectivity index (χ3v) is 3.78.